The van der Waals surface area contributed by atoms with Gasteiger partial charge in [-0.3, -0.25) is 24.4 Å². The number of nitrogens with zero attached hydrogens (tertiary/aromatic N) is 4. The Balaban J connectivity index is 1.61. The minimum atomic E-state index is -0.456. The van der Waals surface area contributed by atoms with Gasteiger partial charge in [0.1, 0.15) is 0 Å². The predicted molar refractivity (Wildman–Crippen MR) is 112 cm³/mol. The van der Waals surface area contributed by atoms with Crippen LogP contribution in [-0.4, -0.2) is 50.2 Å². The second-order valence-corrected chi connectivity index (χ2v) is 8.12. The van der Waals surface area contributed by atoms with Crippen molar-refractivity contribution in [3.8, 4) is 0 Å². The van der Waals surface area contributed by atoms with E-state index in [0.717, 1.165) is 23.4 Å². The lowest BCUT2D eigenvalue weighted by molar-refractivity contribution is -0.111. The van der Waals surface area contributed by atoms with Gasteiger partial charge in [0, 0.05) is 51.4 Å². The third-order valence-electron chi connectivity index (χ3n) is 4.55. The second-order valence-electron chi connectivity index (χ2n) is 7.26. The van der Waals surface area contributed by atoms with Gasteiger partial charge in [-0.25, -0.2) is 9.78 Å². The molecule has 1 N–H and O–H groups in total. The summed E-state index contributed by atoms with van der Waals surface area (Å²) in [5.74, 6) is -0.393. The lowest BCUT2D eigenvalue weighted by Gasteiger charge is -2.34. The minimum Gasteiger partial charge on any atom is -0.373 e. The topological polar surface area (TPSA) is 98.5 Å². The van der Waals surface area contributed by atoms with Crippen LogP contribution in [0.4, 0.5) is 5.13 Å². The highest BCUT2D eigenvalue weighted by Crippen LogP contribution is 2.19. The fourth-order valence-electron chi connectivity index (χ4n) is 3.34. The van der Waals surface area contributed by atoms with Crippen LogP contribution in [0.3, 0.4) is 0 Å². The monoisotopic (exact) mass is 419 g/mol. The molecule has 2 atom stereocenters. The molecule has 1 aliphatic heterocycles. The van der Waals surface area contributed by atoms with Gasteiger partial charge in [-0.2, -0.15) is 0 Å². The lowest BCUT2D eigenvalue weighted by atomic mass is 10.2. The molecule has 3 rings (SSSR count). The molecule has 0 saturated carbocycles. The number of carbonyl (C=O) groups is 1. The van der Waals surface area contributed by atoms with E-state index in [4.69, 9.17) is 4.74 Å². The van der Waals surface area contributed by atoms with Crippen molar-refractivity contribution in [3.05, 3.63) is 49.7 Å². The summed E-state index contributed by atoms with van der Waals surface area (Å²) in [5, 5.41) is 5.13. The molecular weight excluding hydrogens is 394 g/mol. The van der Waals surface area contributed by atoms with Gasteiger partial charge in [0.2, 0.25) is 5.91 Å². The molecule has 0 radical (unpaired) electrons. The third-order valence-corrected chi connectivity index (χ3v) is 5.36. The summed E-state index contributed by atoms with van der Waals surface area (Å²) in [5.41, 5.74) is 0.265. The fraction of sp³-hybridized carbons (Fsp3) is 0.474. The van der Waals surface area contributed by atoms with Crippen molar-refractivity contribution < 1.29 is 9.53 Å². The Morgan fingerprint density at radius 3 is 2.69 bits per heavy atom. The van der Waals surface area contributed by atoms with Crippen molar-refractivity contribution in [2.45, 2.75) is 32.6 Å². The molecule has 1 fully saturated rings. The summed E-state index contributed by atoms with van der Waals surface area (Å²) in [4.78, 5) is 42.7. The highest BCUT2D eigenvalue weighted by Gasteiger charge is 2.22. The number of thiazole rings is 1. The molecule has 1 aliphatic rings. The van der Waals surface area contributed by atoms with Crippen molar-refractivity contribution in [2.75, 3.05) is 18.4 Å². The Labute approximate surface area is 172 Å². The number of anilines is 1. The van der Waals surface area contributed by atoms with Crippen molar-refractivity contribution in [3.63, 3.8) is 0 Å². The molecule has 2 aromatic rings. The van der Waals surface area contributed by atoms with Gasteiger partial charge in [-0.1, -0.05) is 0 Å². The summed E-state index contributed by atoms with van der Waals surface area (Å²) in [6, 6.07) is 0. The number of morpholine rings is 1. The van der Waals surface area contributed by atoms with Crippen molar-refractivity contribution >= 4 is 28.5 Å². The molecule has 156 valence electrons. The first-order valence-electron chi connectivity index (χ1n) is 9.31. The van der Waals surface area contributed by atoms with Crippen molar-refractivity contribution in [1.29, 1.82) is 0 Å². The largest absolute Gasteiger partial charge is 0.373 e. The molecule has 3 heterocycles. The van der Waals surface area contributed by atoms with Crippen LogP contribution in [0.1, 0.15) is 25.1 Å². The van der Waals surface area contributed by atoms with Crippen molar-refractivity contribution in [1.82, 2.24) is 19.0 Å². The van der Waals surface area contributed by atoms with Crippen LogP contribution < -0.4 is 16.6 Å². The van der Waals surface area contributed by atoms with E-state index in [-0.39, 0.29) is 17.8 Å². The normalized spacial score (nSPS) is 20.3. The molecule has 0 aromatic carbocycles. The van der Waals surface area contributed by atoms with E-state index < -0.39 is 17.2 Å². The van der Waals surface area contributed by atoms with E-state index in [1.54, 1.807) is 7.05 Å². The average Bonchev–Trinajstić information content (AvgIpc) is 3.07. The highest BCUT2D eigenvalue weighted by molar-refractivity contribution is 7.13. The standard InChI is InChI=1S/C19H25N5O4S/c1-12-7-24(8-13(2)28-12)10-15-11-29-18(20-15)21-16(25)6-5-14-9-22(3)19(27)23(4)17(14)26/h5-6,9,11-13H,7-8,10H2,1-4H3,(H,20,21,25)/b6-5+. The average molecular weight is 420 g/mol. The minimum absolute atomic E-state index is 0.187. The first-order chi connectivity index (χ1) is 13.7. The maximum atomic E-state index is 12.2. The second kappa shape index (κ2) is 8.85. The number of rotatable bonds is 5. The molecular formula is C19H25N5O4S. The number of aryl methyl sites for hydroxylation is 1. The first kappa shape index (κ1) is 21.2. The van der Waals surface area contributed by atoms with Crippen LogP contribution in [0, 0.1) is 0 Å². The Morgan fingerprint density at radius 2 is 2.00 bits per heavy atom. The van der Waals surface area contributed by atoms with Crippen molar-refractivity contribution in [2.24, 2.45) is 14.1 Å². The molecule has 29 heavy (non-hydrogen) atoms. The van der Waals surface area contributed by atoms with E-state index in [1.165, 1.54) is 41.3 Å². The Hall–Kier alpha value is -2.56. The molecule has 2 unspecified atom stereocenters. The van der Waals surface area contributed by atoms with Crippen LogP contribution in [0.25, 0.3) is 6.08 Å². The van der Waals surface area contributed by atoms with Gasteiger partial charge in [0.05, 0.1) is 23.5 Å². The molecule has 9 nitrogen and oxygen atoms in total. The highest BCUT2D eigenvalue weighted by atomic mass is 32.1. The van der Waals surface area contributed by atoms with Crippen LogP contribution in [0.15, 0.2) is 27.2 Å². The van der Waals surface area contributed by atoms with Gasteiger partial charge in [-0.05, 0) is 19.9 Å². The Morgan fingerprint density at radius 1 is 1.31 bits per heavy atom. The van der Waals surface area contributed by atoms with E-state index in [0.29, 0.717) is 11.7 Å². The number of hydrogen-bond donors (Lipinski definition) is 1. The molecule has 1 amide bonds. The molecule has 0 aliphatic carbocycles. The third kappa shape index (κ3) is 5.28. The lowest BCUT2D eigenvalue weighted by Crippen LogP contribution is -2.44. The number of hydrogen-bond acceptors (Lipinski definition) is 7. The Bertz CT molecular complexity index is 1030. The molecule has 0 bridgehead atoms. The maximum Gasteiger partial charge on any atom is 0.330 e. The van der Waals surface area contributed by atoms with Crippen LogP contribution >= 0.6 is 11.3 Å². The van der Waals surface area contributed by atoms with Gasteiger partial charge >= 0.3 is 5.69 Å². The summed E-state index contributed by atoms with van der Waals surface area (Å²) in [6.45, 7) is 6.51. The van der Waals surface area contributed by atoms with Gasteiger partial charge in [-0.15, -0.1) is 11.3 Å². The van der Waals surface area contributed by atoms with E-state index in [9.17, 15) is 14.4 Å². The van der Waals surface area contributed by atoms with E-state index >= 15 is 0 Å². The van der Waals surface area contributed by atoms with E-state index in [2.05, 4.69) is 29.0 Å². The van der Waals surface area contributed by atoms with E-state index in [1.807, 2.05) is 5.38 Å². The first-order valence-corrected chi connectivity index (χ1v) is 10.2. The fourth-order valence-corrected chi connectivity index (χ4v) is 4.05. The molecule has 1 saturated heterocycles. The number of ether oxygens (including phenoxy) is 1. The van der Waals surface area contributed by atoms with Crippen LogP contribution in [-0.2, 0) is 30.2 Å². The summed E-state index contributed by atoms with van der Waals surface area (Å²) >= 11 is 1.35. The van der Waals surface area contributed by atoms with Crippen LogP contribution in [0.2, 0.25) is 0 Å². The zero-order valence-corrected chi connectivity index (χ0v) is 17.7. The summed E-state index contributed by atoms with van der Waals surface area (Å²) in [7, 11) is 2.95. The zero-order chi connectivity index (χ0) is 21.1. The molecule has 0 spiro atoms. The predicted octanol–water partition coefficient (Wildman–Crippen LogP) is 0.802. The van der Waals surface area contributed by atoms with Gasteiger partial charge in [0.15, 0.2) is 5.13 Å². The number of carbonyl (C=O) groups excluding carboxylic acids is 1. The van der Waals surface area contributed by atoms with Gasteiger partial charge in [0.25, 0.3) is 5.56 Å². The number of nitrogens with one attached hydrogen (secondary N) is 1. The Kier molecular flexibility index (Phi) is 6.46. The quantitative estimate of drug-likeness (QED) is 0.720. The smallest absolute Gasteiger partial charge is 0.330 e. The molecule has 10 heteroatoms. The maximum absolute atomic E-state index is 12.2. The van der Waals surface area contributed by atoms with Crippen LogP contribution in [0.5, 0.6) is 0 Å². The number of aromatic nitrogens is 3. The SMILES string of the molecule is CC1CN(Cc2csc(NC(=O)/C=C/c3cn(C)c(=O)n(C)c3=O)n2)CC(C)O1. The number of amides is 1. The molecule has 2 aromatic heterocycles. The summed E-state index contributed by atoms with van der Waals surface area (Å²) in [6.07, 6.45) is 4.43. The van der Waals surface area contributed by atoms with Gasteiger partial charge < -0.3 is 9.30 Å². The zero-order valence-electron chi connectivity index (χ0n) is 16.9. The summed E-state index contributed by atoms with van der Waals surface area (Å²) < 4.78 is 8.03.